The summed E-state index contributed by atoms with van der Waals surface area (Å²) in [7, 11) is 0. The van der Waals surface area contributed by atoms with Crippen LogP contribution in [0.15, 0.2) is 0 Å². The van der Waals surface area contributed by atoms with Gasteiger partial charge in [-0.3, -0.25) is 0 Å². The van der Waals surface area contributed by atoms with E-state index in [4.69, 9.17) is 0 Å². The molecule has 112 valence electrons. The molecule has 0 aliphatic rings. The Morgan fingerprint density at radius 1 is 0.444 bits per heavy atom. The Labute approximate surface area is 158 Å². The molecular formula is C12H28ArO4Ti. The Morgan fingerprint density at radius 3 is 0.444 bits per heavy atom. The molecule has 0 bridgehead atoms. The molecule has 4 nitrogen and oxygen atoms in total. The molecule has 0 atom stereocenters. The van der Waals surface area contributed by atoms with Crippen LogP contribution in [0.4, 0.5) is 0 Å². The normalized spacial score (nSPS) is 8.00. The Kier molecular flexibility index (Phi) is 63.9. The summed E-state index contributed by atoms with van der Waals surface area (Å²) >= 11 is 0. The molecule has 0 fully saturated rings. The average molecular weight is 324 g/mol. The molecule has 18 heavy (non-hydrogen) atoms. The van der Waals surface area contributed by atoms with Crippen LogP contribution in [0.1, 0.15) is 55.4 Å². The topological polar surface area (TPSA) is 92.2 Å². The second-order valence-corrected chi connectivity index (χ2v) is 4.20. The second kappa shape index (κ2) is 31.3. The van der Waals surface area contributed by atoms with Crippen LogP contribution in [0, 0.1) is 37.7 Å². The molecule has 0 heterocycles. The van der Waals surface area contributed by atoms with Crippen LogP contribution in [0.5, 0.6) is 0 Å². The maximum Gasteiger partial charge on any atom is 4.00 e. The van der Waals surface area contributed by atoms with Crippen LogP contribution in [-0.4, -0.2) is 24.4 Å². The van der Waals surface area contributed by atoms with Gasteiger partial charge in [-0.1, -0.05) is 55.4 Å². The first-order valence-electron chi connectivity index (χ1n) is 5.56. The van der Waals surface area contributed by atoms with Crippen LogP contribution in [-0.2, 0) is 21.7 Å². The molecule has 0 aromatic rings. The van der Waals surface area contributed by atoms with Gasteiger partial charge in [0, 0.05) is 37.7 Å². The molecule has 0 saturated carbocycles. The summed E-state index contributed by atoms with van der Waals surface area (Å²) in [4.78, 5) is 0. The zero-order valence-corrected chi connectivity index (χ0v) is 15.1. The first-order valence-corrected chi connectivity index (χ1v) is 5.56. The molecule has 6 heteroatoms. The van der Waals surface area contributed by atoms with Gasteiger partial charge in [0.15, 0.2) is 0 Å². The molecular weight excluding hydrogens is 296 g/mol. The fraction of sp³-hybridized carbons (Fsp3) is 1.00. The maximum absolute atomic E-state index is 9.53. The Bertz CT molecular complexity index is 67.1. The Balaban J connectivity index is -0.0000000257. The third kappa shape index (κ3) is 1530. The SMILES string of the molecule is CC(C)[O-].CC(C)[O-].CC(C)[O-].CC(C)[O-].[Ar].[Ti+4]. The molecule has 0 unspecified atom stereocenters. The second-order valence-electron chi connectivity index (χ2n) is 4.20. The van der Waals surface area contributed by atoms with Crippen molar-refractivity contribution in [2.24, 2.45) is 0 Å². The predicted octanol–water partition coefficient (Wildman–Crippen LogP) is -0.982. The van der Waals surface area contributed by atoms with Crippen LogP contribution in [0.3, 0.4) is 0 Å². The van der Waals surface area contributed by atoms with Crippen molar-refractivity contribution >= 4 is 0 Å². The summed E-state index contributed by atoms with van der Waals surface area (Å²) < 4.78 is 0. The largest absolute Gasteiger partial charge is 4.00 e. The molecule has 0 amide bonds. The summed E-state index contributed by atoms with van der Waals surface area (Å²) in [6.07, 6.45) is -1.67. The van der Waals surface area contributed by atoms with Crippen LogP contribution in [0.2, 0.25) is 0 Å². The zero-order chi connectivity index (χ0) is 14.3. The quantitative estimate of drug-likeness (QED) is 0.535. The minimum Gasteiger partial charge on any atom is -0.852 e. The van der Waals surface area contributed by atoms with E-state index in [2.05, 4.69) is 0 Å². The smallest absolute Gasteiger partial charge is 0.852 e. The van der Waals surface area contributed by atoms with Crippen molar-refractivity contribution in [3.63, 3.8) is 0 Å². The number of hydrogen-bond donors (Lipinski definition) is 0. The van der Waals surface area contributed by atoms with Gasteiger partial charge in [-0.05, 0) is 0 Å². The van der Waals surface area contributed by atoms with E-state index in [0.717, 1.165) is 0 Å². The maximum atomic E-state index is 9.53. The van der Waals surface area contributed by atoms with E-state index in [-0.39, 0.29) is 59.5 Å². The summed E-state index contributed by atoms with van der Waals surface area (Å²) in [6.45, 7) is 12.9. The Hall–Kier alpha value is 1.81. The van der Waals surface area contributed by atoms with E-state index in [9.17, 15) is 20.4 Å². The van der Waals surface area contributed by atoms with Crippen molar-refractivity contribution < 1.29 is 79.9 Å². The fourth-order valence-corrected chi connectivity index (χ4v) is 0. The number of hydrogen-bond acceptors (Lipinski definition) is 4. The van der Waals surface area contributed by atoms with Gasteiger partial charge in [0.1, 0.15) is 0 Å². The third-order valence-corrected chi connectivity index (χ3v) is 0. The summed E-state index contributed by atoms with van der Waals surface area (Å²) in [5.74, 6) is 0. The molecule has 0 saturated heterocycles. The zero-order valence-electron chi connectivity index (χ0n) is 12.8. The summed E-state index contributed by atoms with van der Waals surface area (Å²) in [5.41, 5.74) is 0. The molecule has 0 spiro atoms. The first kappa shape index (κ1) is 36.8. The van der Waals surface area contributed by atoms with Gasteiger partial charge in [0.05, 0.1) is 0 Å². The van der Waals surface area contributed by atoms with Gasteiger partial charge < -0.3 is 20.4 Å². The van der Waals surface area contributed by atoms with Crippen molar-refractivity contribution in [1.29, 1.82) is 0 Å². The predicted molar refractivity (Wildman–Crippen MR) is 60.5 cm³/mol. The van der Waals surface area contributed by atoms with Crippen molar-refractivity contribution in [1.82, 2.24) is 0 Å². The summed E-state index contributed by atoms with van der Waals surface area (Å²) in [6, 6.07) is 0. The standard InChI is InChI=1S/4C3H7O.Ar.Ti/c4*1-3(2)4;;/h4*3H,1-2H3;;/q4*-1;;+4. The van der Waals surface area contributed by atoms with Gasteiger partial charge in [-0.25, -0.2) is 0 Å². The van der Waals surface area contributed by atoms with Crippen LogP contribution in [0.25, 0.3) is 0 Å². The van der Waals surface area contributed by atoms with Crippen LogP contribution < -0.4 is 20.4 Å². The van der Waals surface area contributed by atoms with E-state index in [1.807, 2.05) is 0 Å². The van der Waals surface area contributed by atoms with E-state index in [1.165, 1.54) is 0 Å². The fourth-order valence-electron chi connectivity index (χ4n) is 0. The molecule has 0 aliphatic heterocycles. The molecule has 0 aliphatic carbocycles. The van der Waals surface area contributed by atoms with E-state index < -0.39 is 24.4 Å². The molecule has 0 N–H and O–H groups in total. The van der Waals surface area contributed by atoms with Gasteiger partial charge in [-0.15, -0.1) is 24.4 Å². The molecule has 0 aromatic heterocycles. The third-order valence-electron chi connectivity index (χ3n) is 0. The summed E-state index contributed by atoms with van der Waals surface area (Å²) in [5, 5.41) is 38.1. The van der Waals surface area contributed by atoms with Gasteiger partial charge in [-0.2, -0.15) is 0 Å². The van der Waals surface area contributed by atoms with Crippen molar-refractivity contribution in [3.05, 3.63) is 0 Å². The van der Waals surface area contributed by atoms with Gasteiger partial charge in [0.25, 0.3) is 0 Å². The van der Waals surface area contributed by atoms with E-state index in [0.29, 0.717) is 0 Å². The average Bonchev–Trinajstić information content (AvgIpc) is 1.76. The van der Waals surface area contributed by atoms with Crippen molar-refractivity contribution in [3.8, 4) is 0 Å². The number of rotatable bonds is 0. The minimum atomic E-state index is -0.417. The monoisotopic (exact) mass is 324 g/mol. The minimum absolute atomic E-state index is 0. The molecule has 0 rings (SSSR count). The van der Waals surface area contributed by atoms with Crippen molar-refractivity contribution in [2.45, 2.75) is 79.8 Å². The van der Waals surface area contributed by atoms with Crippen molar-refractivity contribution in [2.75, 3.05) is 0 Å². The molecule has 0 aromatic carbocycles. The van der Waals surface area contributed by atoms with Crippen LogP contribution >= 0.6 is 0 Å². The molecule has 0 radical (unpaired) electrons. The first-order chi connectivity index (χ1) is 6.93. The van der Waals surface area contributed by atoms with E-state index in [1.54, 1.807) is 55.4 Å². The van der Waals surface area contributed by atoms with Gasteiger partial charge >= 0.3 is 21.7 Å². The van der Waals surface area contributed by atoms with Gasteiger partial charge in [0.2, 0.25) is 0 Å². The van der Waals surface area contributed by atoms with E-state index >= 15 is 0 Å². The Morgan fingerprint density at radius 2 is 0.444 bits per heavy atom.